The highest BCUT2D eigenvalue weighted by Gasteiger charge is 2.39. The number of aliphatic hydroxyl groups is 1. The molecule has 4 rings (SSSR count). The van der Waals surface area contributed by atoms with Crippen LogP contribution >= 0.6 is 0 Å². The Kier molecular flexibility index (Phi) is 4.89. The SMILES string of the molecule is CCc1cc2c(nc1N1CCC(OCC3(C)CC3)CC1)C(CO)N(C)C2=O. The molecule has 3 aliphatic rings. The third kappa shape index (κ3) is 3.45. The molecule has 2 fully saturated rings. The molecule has 1 aliphatic carbocycles. The quantitative estimate of drug-likeness (QED) is 0.830. The van der Waals surface area contributed by atoms with Crippen molar-refractivity contribution in [2.45, 2.75) is 58.1 Å². The molecule has 0 aromatic carbocycles. The fourth-order valence-electron chi connectivity index (χ4n) is 4.15. The van der Waals surface area contributed by atoms with Crippen LogP contribution < -0.4 is 4.90 Å². The smallest absolute Gasteiger partial charge is 0.256 e. The van der Waals surface area contributed by atoms with Gasteiger partial charge in [-0.3, -0.25) is 4.79 Å². The van der Waals surface area contributed by atoms with E-state index in [2.05, 4.69) is 18.7 Å². The number of carbonyl (C=O) groups excluding carboxylic acids is 1. The minimum Gasteiger partial charge on any atom is -0.394 e. The highest BCUT2D eigenvalue weighted by molar-refractivity contribution is 5.99. The third-order valence-corrected chi connectivity index (χ3v) is 6.51. The predicted molar refractivity (Wildman–Crippen MR) is 104 cm³/mol. The van der Waals surface area contributed by atoms with E-state index in [-0.39, 0.29) is 18.6 Å². The van der Waals surface area contributed by atoms with Gasteiger partial charge in [-0.15, -0.1) is 0 Å². The molecule has 0 radical (unpaired) electrons. The molecule has 1 amide bonds. The number of aromatic nitrogens is 1. The highest BCUT2D eigenvalue weighted by atomic mass is 16.5. The van der Waals surface area contributed by atoms with Crippen LogP contribution in [0.5, 0.6) is 0 Å². The van der Waals surface area contributed by atoms with Gasteiger partial charge in [0.05, 0.1) is 36.6 Å². The lowest BCUT2D eigenvalue weighted by Crippen LogP contribution is -2.38. The lowest BCUT2D eigenvalue weighted by molar-refractivity contribution is 0.0126. The van der Waals surface area contributed by atoms with Gasteiger partial charge in [0.2, 0.25) is 0 Å². The topological polar surface area (TPSA) is 65.9 Å². The van der Waals surface area contributed by atoms with Crippen LogP contribution in [-0.4, -0.2) is 60.4 Å². The zero-order valence-electron chi connectivity index (χ0n) is 16.7. The van der Waals surface area contributed by atoms with Crippen LogP contribution in [0.25, 0.3) is 0 Å². The molecule has 1 aromatic rings. The Balaban J connectivity index is 1.49. The first-order valence-corrected chi connectivity index (χ1v) is 10.2. The summed E-state index contributed by atoms with van der Waals surface area (Å²) in [6, 6.07) is 1.65. The van der Waals surface area contributed by atoms with E-state index >= 15 is 0 Å². The molecule has 0 spiro atoms. The maximum atomic E-state index is 12.5. The van der Waals surface area contributed by atoms with E-state index in [9.17, 15) is 9.90 Å². The van der Waals surface area contributed by atoms with Gasteiger partial charge in [0.1, 0.15) is 5.82 Å². The number of hydrogen-bond donors (Lipinski definition) is 1. The summed E-state index contributed by atoms with van der Waals surface area (Å²) in [4.78, 5) is 21.3. The van der Waals surface area contributed by atoms with E-state index in [1.165, 1.54) is 12.8 Å². The Morgan fingerprint density at radius 3 is 2.63 bits per heavy atom. The van der Waals surface area contributed by atoms with Crippen molar-refractivity contribution >= 4 is 11.7 Å². The van der Waals surface area contributed by atoms with Crippen molar-refractivity contribution in [3.63, 3.8) is 0 Å². The van der Waals surface area contributed by atoms with Crippen molar-refractivity contribution in [2.24, 2.45) is 5.41 Å². The second-order valence-corrected chi connectivity index (χ2v) is 8.68. The van der Waals surface area contributed by atoms with Gasteiger partial charge >= 0.3 is 0 Å². The number of nitrogens with zero attached hydrogens (tertiary/aromatic N) is 3. The fraction of sp³-hybridized carbons (Fsp3) is 0.714. The van der Waals surface area contributed by atoms with Crippen molar-refractivity contribution < 1.29 is 14.6 Å². The summed E-state index contributed by atoms with van der Waals surface area (Å²) in [7, 11) is 1.74. The van der Waals surface area contributed by atoms with E-state index in [0.717, 1.165) is 56.0 Å². The molecule has 1 saturated carbocycles. The first kappa shape index (κ1) is 18.7. The average molecular weight is 373 g/mol. The van der Waals surface area contributed by atoms with E-state index in [4.69, 9.17) is 9.72 Å². The van der Waals surface area contributed by atoms with Gasteiger partial charge in [0.25, 0.3) is 5.91 Å². The van der Waals surface area contributed by atoms with Crippen molar-refractivity contribution in [3.05, 3.63) is 22.9 Å². The monoisotopic (exact) mass is 373 g/mol. The number of hydrogen-bond acceptors (Lipinski definition) is 5. The third-order valence-electron chi connectivity index (χ3n) is 6.51. The molecule has 2 aliphatic heterocycles. The molecule has 1 saturated heterocycles. The average Bonchev–Trinajstić information content (AvgIpc) is 3.38. The first-order valence-electron chi connectivity index (χ1n) is 10.2. The van der Waals surface area contributed by atoms with E-state index in [1.54, 1.807) is 11.9 Å². The summed E-state index contributed by atoms with van der Waals surface area (Å²) in [6.45, 7) is 7.05. The number of aliphatic hydroxyl groups excluding tert-OH is 1. The van der Waals surface area contributed by atoms with Crippen LogP contribution in [0.15, 0.2) is 6.07 Å². The van der Waals surface area contributed by atoms with Gasteiger partial charge in [0, 0.05) is 20.1 Å². The zero-order valence-corrected chi connectivity index (χ0v) is 16.7. The molecule has 1 unspecified atom stereocenters. The summed E-state index contributed by atoms with van der Waals surface area (Å²) in [6.07, 6.45) is 5.80. The van der Waals surface area contributed by atoms with Crippen LogP contribution in [0.2, 0.25) is 0 Å². The minimum absolute atomic E-state index is 0.0431. The van der Waals surface area contributed by atoms with Gasteiger partial charge < -0.3 is 19.6 Å². The molecule has 27 heavy (non-hydrogen) atoms. The van der Waals surface area contributed by atoms with Crippen molar-refractivity contribution in [3.8, 4) is 0 Å². The van der Waals surface area contributed by atoms with Gasteiger partial charge in [0.15, 0.2) is 0 Å². The van der Waals surface area contributed by atoms with E-state index in [1.807, 2.05) is 6.07 Å². The van der Waals surface area contributed by atoms with Gasteiger partial charge in [-0.05, 0) is 49.1 Å². The lowest BCUT2D eigenvalue weighted by atomic mass is 10.0. The summed E-state index contributed by atoms with van der Waals surface area (Å²) in [5, 5.41) is 9.73. The van der Waals surface area contributed by atoms with Crippen LogP contribution in [-0.2, 0) is 11.2 Å². The highest BCUT2D eigenvalue weighted by Crippen LogP contribution is 2.45. The Hall–Kier alpha value is -1.66. The molecule has 148 valence electrons. The van der Waals surface area contributed by atoms with E-state index in [0.29, 0.717) is 17.1 Å². The van der Waals surface area contributed by atoms with Crippen molar-refractivity contribution in [1.29, 1.82) is 0 Å². The Labute approximate surface area is 161 Å². The summed E-state index contributed by atoms with van der Waals surface area (Å²) in [5.74, 6) is 0.934. The number of anilines is 1. The van der Waals surface area contributed by atoms with Crippen LogP contribution in [0, 0.1) is 5.41 Å². The number of aryl methyl sites for hydroxylation is 1. The number of ether oxygens (including phenoxy) is 1. The number of carbonyl (C=O) groups is 1. The van der Waals surface area contributed by atoms with Crippen molar-refractivity contribution in [2.75, 3.05) is 38.3 Å². The number of pyridine rings is 1. The minimum atomic E-state index is -0.336. The van der Waals surface area contributed by atoms with Crippen LogP contribution in [0.3, 0.4) is 0 Å². The Morgan fingerprint density at radius 2 is 2.04 bits per heavy atom. The Bertz CT molecular complexity index is 724. The number of piperidine rings is 1. The van der Waals surface area contributed by atoms with Gasteiger partial charge in [-0.1, -0.05) is 13.8 Å². The van der Waals surface area contributed by atoms with Crippen LogP contribution in [0.1, 0.15) is 67.2 Å². The zero-order chi connectivity index (χ0) is 19.2. The van der Waals surface area contributed by atoms with Gasteiger partial charge in [-0.25, -0.2) is 4.98 Å². The number of fused-ring (bicyclic) bond motifs is 1. The fourth-order valence-corrected chi connectivity index (χ4v) is 4.15. The molecular formula is C21H31N3O3. The molecule has 6 nitrogen and oxygen atoms in total. The molecular weight excluding hydrogens is 342 g/mol. The summed E-state index contributed by atoms with van der Waals surface area (Å²) < 4.78 is 6.16. The molecule has 1 aromatic heterocycles. The maximum Gasteiger partial charge on any atom is 0.256 e. The lowest BCUT2D eigenvalue weighted by Gasteiger charge is -2.34. The number of rotatable bonds is 6. The van der Waals surface area contributed by atoms with Crippen LogP contribution in [0.4, 0.5) is 5.82 Å². The molecule has 1 atom stereocenters. The molecule has 1 N–H and O–H groups in total. The first-order chi connectivity index (χ1) is 13.0. The largest absolute Gasteiger partial charge is 0.394 e. The normalized spacial score (nSPS) is 24.4. The second kappa shape index (κ2) is 7.06. The van der Waals surface area contributed by atoms with Gasteiger partial charge in [-0.2, -0.15) is 0 Å². The number of likely N-dealkylation sites (N-methyl/N-ethyl adjacent to an activating group) is 1. The number of amides is 1. The predicted octanol–water partition coefficient (Wildman–Crippen LogP) is 2.55. The second-order valence-electron chi connectivity index (χ2n) is 8.68. The summed E-state index contributed by atoms with van der Waals surface area (Å²) in [5.41, 5.74) is 2.91. The van der Waals surface area contributed by atoms with Crippen molar-refractivity contribution in [1.82, 2.24) is 9.88 Å². The molecule has 3 heterocycles. The standard InChI is InChI=1S/C21H31N3O3/c1-4-14-11-16-18(17(12-25)23(3)20(16)26)22-19(14)24-9-5-15(6-10-24)27-13-21(2)7-8-21/h11,15,17,25H,4-10,12-13H2,1-3H3. The molecule has 0 bridgehead atoms. The maximum absolute atomic E-state index is 12.5. The Morgan fingerprint density at radius 1 is 1.33 bits per heavy atom. The molecule has 6 heteroatoms. The summed E-state index contributed by atoms with van der Waals surface area (Å²) >= 11 is 0. The van der Waals surface area contributed by atoms with E-state index < -0.39 is 0 Å².